The largest absolute Gasteiger partial charge is 0.302 e. The normalized spacial score (nSPS) is 16.1. The van der Waals surface area contributed by atoms with E-state index in [-0.39, 0.29) is 0 Å². The van der Waals surface area contributed by atoms with Crippen molar-refractivity contribution in [1.82, 2.24) is 4.90 Å². The van der Waals surface area contributed by atoms with Gasteiger partial charge in [-0.2, -0.15) is 0 Å². The number of rotatable bonds is 4. The Balaban J connectivity index is 1.34. The van der Waals surface area contributed by atoms with Crippen molar-refractivity contribution < 1.29 is 0 Å². The van der Waals surface area contributed by atoms with Gasteiger partial charge in [-0.15, -0.1) is 11.8 Å². The van der Waals surface area contributed by atoms with Crippen molar-refractivity contribution in [3.63, 3.8) is 0 Å². The molecule has 0 aromatic heterocycles. The fraction of sp³-hybridized carbons (Fsp3) is 0.214. The van der Waals surface area contributed by atoms with Crippen LogP contribution in [0.3, 0.4) is 0 Å². The van der Waals surface area contributed by atoms with Crippen molar-refractivity contribution in [2.75, 3.05) is 25.4 Å². The second kappa shape index (κ2) is 9.07. The molecule has 0 N–H and O–H groups in total. The zero-order valence-corrected chi connectivity index (χ0v) is 18.1. The molecular weight excluding hydrogens is 382 g/mol. The molecule has 1 heterocycles. The highest BCUT2D eigenvalue weighted by Gasteiger charge is 2.22. The van der Waals surface area contributed by atoms with Gasteiger partial charge in [0.2, 0.25) is 0 Å². The summed E-state index contributed by atoms with van der Waals surface area (Å²) in [4.78, 5) is 4.00. The summed E-state index contributed by atoms with van der Waals surface area (Å²) in [6.45, 7) is 3.48. The summed E-state index contributed by atoms with van der Waals surface area (Å²) in [6, 6.07) is 28.5. The van der Waals surface area contributed by atoms with E-state index >= 15 is 0 Å². The molecule has 0 unspecified atom stereocenters. The third-order valence-corrected chi connectivity index (χ3v) is 7.13. The molecule has 0 radical (unpaired) electrons. The van der Waals surface area contributed by atoms with Crippen LogP contribution in [0.1, 0.15) is 35.1 Å². The number of thioether (sulfide) groups is 1. The van der Waals surface area contributed by atoms with E-state index in [0.29, 0.717) is 0 Å². The Labute approximate surface area is 184 Å². The maximum absolute atomic E-state index is 2.63. The summed E-state index contributed by atoms with van der Waals surface area (Å²) in [5.74, 6) is 1.16. The molecule has 0 saturated carbocycles. The third-order valence-electron chi connectivity index (χ3n) is 6.14. The first kappa shape index (κ1) is 19.4. The molecule has 0 amide bonds. The summed E-state index contributed by atoms with van der Waals surface area (Å²) >= 11 is 1.97. The van der Waals surface area contributed by atoms with E-state index in [0.717, 1.165) is 38.2 Å². The summed E-state index contributed by atoms with van der Waals surface area (Å²) in [7, 11) is 0. The van der Waals surface area contributed by atoms with Gasteiger partial charge in [0.25, 0.3) is 0 Å². The lowest BCUT2D eigenvalue weighted by Gasteiger charge is -2.30. The summed E-state index contributed by atoms with van der Waals surface area (Å²) in [5, 5.41) is 0. The maximum Gasteiger partial charge on any atom is 0.0108 e. The second-order valence-electron chi connectivity index (χ2n) is 7.99. The van der Waals surface area contributed by atoms with E-state index in [9.17, 15) is 0 Å². The molecule has 0 spiro atoms. The Morgan fingerprint density at radius 3 is 1.87 bits per heavy atom. The van der Waals surface area contributed by atoms with Crippen molar-refractivity contribution in [3.8, 4) is 0 Å². The summed E-state index contributed by atoms with van der Waals surface area (Å²) in [5.41, 5.74) is 8.54. The van der Waals surface area contributed by atoms with Crippen LogP contribution in [0.5, 0.6) is 0 Å². The van der Waals surface area contributed by atoms with Gasteiger partial charge in [-0.25, -0.2) is 0 Å². The lowest BCUT2D eigenvalue weighted by molar-refractivity contribution is 0.272. The Morgan fingerprint density at radius 2 is 1.23 bits per heavy atom. The Bertz CT molecular complexity index is 1020. The van der Waals surface area contributed by atoms with Crippen molar-refractivity contribution >= 4 is 29.5 Å². The van der Waals surface area contributed by atoms with Gasteiger partial charge in [-0.05, 0) is 52.8 Å². The number of likely N-dealkylation sites (tertiary alicyclic amines) is 1. The zero-order valence-electron chi connectivity index (χ0n) is 17.3. The summed E-state index contributed by atoms with van der Waals surface area (Å²) in [6.07, 6.45) is 6.87. The van der Waals surface area contributed by atoms with Crippen LogP contribution >= 0.6 is 11.8 Å². The van der Waals surface area contributed by atoms with Crippen LogP contribution in [0.25, 0.3) is 17.7 Å². The van der Waals surface area contributed by atoms with E-state index in [1.54, 1.807) is 5.57 Å². The SMILES string of the molecule is C1=Cc2ccccc2C(=C2CCN(CCSc3ccccc3)CC2)c2ccccc21. The minimum absolute atomic E-state index is 1.16. The van der Waals surface area contributed by atoms with Crippen LogP contribution in [0.4, 0.5) is 0 Å². The van der Waals surface area contributed by atoms with Gasteiger partial charge in [0, 0.05) is 30.3 Å². The second-order valence-corrected chi connectivity index (χ2v) is 9.16. The molecule has 0 atom stereocenters. The van der Waals surface area contributed by atoms with Crippen LogP contribution in [0.2, 0.25) is 0 Å². The lowest BCUT2D eigenvalue weighted by atomic mass is 9.86. The minimum Gasteiger partial charge on any atom is -0.302 e. The van der Waals surface area contributed by atoms with Gasteiger partial charge in [-0.1, -0.05) is 84.5 Å². The minimum atomic E-state index is 1.16. The number of hydrogen-bond donors (Lipinski definition) is 0. The number of nitrogens with zero attached hydrogens (tertiary/aromatic N) is 1. The topological polar surface area (TPSA) is 3.24 Å². The first-order valence-electron chi connectivity index (χ1n) is 10.9. The highest BCUT2D eigenvalue weighted by Crippen LogP contribution is 2.38. The number of hydrogen-bond acceptors (Lipinski definition) is 2. The number of fused-ring (bicyclic) bond motifs is 2. The van der Waals surface area contributed by atoms with Crippen molar-refractivity contribution in [3.05, 3.63) is 107 Å². The number of piperidine rings is 1. The van der Waals surface area contributed by atoms with Crippen molar-refractivity contribution in [1.29, 1.82) is 0 Å². The Morgan fingerprint density at radius 1 is 0.667 bits per heavy atom. The molecule has 3 aromatic rings. The molecule has 1 saturated heterocycles. The van der Waals surface area contributed by atoms with E-state index in [4.69, 9.17) is 0 Å². The van der Waals surface area contributed by atoms with Crippen molar-refractivity contribution in [2.45, 2.75) is 17.7 Å². The van der Waals surface area contributed by atoms with E-state index in [2.05, 4.69) is 95.9 Å². The van der Waals surface area contributed by atoms with E-state index < -0.39 is 0 Å². The van der Waals surface area contributed by atoms with Gasteiger partial charge in [0.15, 0.2) is 0 Å². The van der Waals surface area contributed by atoms with Crippen LogP contribution in [-0.4, -0.2) is 30.3 Å². The zero-order chi connectivity index (χ0) is 20.2. The van der Waals surface area contributed by atoms with E-state index in [1.165, 1.54) is 32.7 Å². The third kappa shape index (κ3) is 4.16. The molecule has 5 rings (SSSR count). The molecule has 0 bridgehead atoms. The first-order chi connectivity index (χ1) is 14.9. The van der Waals surface area contributed by atoms with Crippen LogP contribution in [-0.2, 0) is 0 Å². The van der Waals surface area contributed by atoms with Gasteiger partial charge < -0.3 is 4.90 Å². The van der Waals surface area contributed by atoms with Gasteiger partial charge in [0.05, 0.1) is 0 Å². The van der Waals surface area contributed by atoms with Gasteiger partial charge in [0.1, 0.15) is 0 Å². The molecular formula is C28H27NS. The highest BCUT2D eigenvalue weighted by molar-refractivity contribution is 7.99. The van der Waals surface area contributed by atoms with Crippen molar-refractivity contribution in [2.24, 2.45) is 0 Å². The fourth-order valence-electron chi connectivity index (χ4n) is 4.55. The van der Waals surface area contributed by atoms with Crippen LogP contribution < -0.4 is 0 Å². The molecule has 2 heteroatoms. The predicted molar refractivity (Wildman–Crippen MR) is 131 cm³/mol. The molecule has 1 fully saturated rings. The highest BCUT2D eigenvalue weighted by atomic mass is 32.2. The van der Waals surface area contributed by atoms with Crippen LogP contribution in [0.15, 0.2) is 89.3 Å². The average Bonchev–Trinajstić information content (AvgIpc) is 2.97. The van der Waals surface area contributed by atoms with Gasteiger partial charge in [-0.3, -0.25) is 0 Å². The molecule has 1 nitrogen and oxygen atoms in total. The molecule has 2 aliphatic rings. The molecule has 30 heavy (non-hydrogen) atoms. The maximum atomic E-state index is 2.63. The molecule has 150 valence electrons. The Hall–Kier alpha value is -2.55. The quantitative estimate of drug-likeness (QED) is 0.339. The summed E-state index contributed by atoms with van der Waals surface area (Å²) < 4.78 is 0. The van der Waals surface area contributed by atoms with E-state index in [1.807, 2.05) is 11.8 Å². The predicted octanol–water partition coefficient (Wildman–Crippen LogP) is 6.86. The fourth-order valence-corrected chi connectivity index (χ4v) is 5.49. The van der Waals surface area contributed by atoms with Crippen LogP contribution in [0, 0.1) is 0 Å². The van der Waals surface area contributed by atoms with Gasteiger partial charge >= 0.3 is 0 Å². The monoisotopic (exact) mass is 409 g/mol. The molecule has 1 aliphatic heterocycles. The average molecular weight is 410 g/mol. The molecule has 3 aromatic carbocycles. The first-order valence-corrected chi connectivity index (χ1v) is 11.9. The Kier molecular flexibility index (Phi) is 5.87. The smallest absolute Gasteiger partial charge is 0.0108 e. The lowest BCUT2D eigenvalue weighted by Crippen LogP contribution is -2.33. The molecule has 1 aliphatic carbocycles. The number of benzene rings is 3. The standard InChI is InChI=1S/C28H27NS/c1-2-10-25(11-3-1)30-21-20-29-18-16-24(17-19-29)28-26-12-6-4-8-22(26)14-15-23-9-5-7-13-27(23)28/h1-15H,16-21H2.